The maximum Gasteiger partial charge on any atom is 0.159 e. The summed E-state index contributed by atoms with van der Waals surface area (Å²) in [5.41, 5.74) is 13.8. The van der Waals surface area contributed by atoms with Crippen LogP contribution >= 0.6 is 0 Å². The molecular formula is C58H38N2O3. The van der Waals surface area contributed by atoms with Gasteiger partial charge in [0.05, 0.1) is 11.4 Å². The van der Waals surface area contributed by atoms with Gasteiger partial charge < -0.3 is 23.1 Å². The van der Waals surface area contributed by atoms with Crippen molar-refractivity contribution in [2.75, 3.05) is 9.80 Å². The van der Waals surface area contributed by atoms with E-state index in [9.17, 15) is 0 Å². The monoisotopic (exact) mass is 810 g/mol. The number of aryl methyl sites for hydroxylation is 2. The number of hydrogen-bond donors (Lipinski definition) is 0. The van der Waals surface area contributed by atoms with Gasteiger partial charge in [0, 0.05) is 55.1 Å². The summed E-state index contributed by atoms with van der Waals surface area (Å²) in [4.78, 5) is 4.61. The fourth-order valence-electron chi connectivity index (χ4n) is 9.57. The SMILES string of the molecule is Cc1ccc(N(c2ccc3cc4oc5cc6ccc(N(c7ccc(C)cc7)c7cccc8c7oc7ccccc78)cc6cc5c4cc3c2)c2cccc3c2oc2ccccc23)cc1. The highest BCUT2D eigenvalue weighted by Crippen LogP contribution is 2.46. The van der Waals surface area contributed by atoms with Crippen LogP contribution in [0.15, 0.2) is 207 Å². The highest BCUT2D eigenvalue weighted by atomic mass is 16.3. The van der Waals surface area contributed by atoms with Gasteiger partial charge in [-0.2, -0.15) is 0 Å². The molecule has 10 aromatic carbocycles. The Hall–Kier alpha value is -8.28. The van der Waals surface area contributed by atoms with Crippen molar-refractivity contribution in [1.29, 1.82) is 0 Å². The first-order chi connectivity index (χ1) is 31.0. The molecular weight excluding hydrogens is 773 g/mol. The normalized spacial score (nSPS) is 12.0. The molecule has 3 heterocycles. The van der Waals surface area contributed by atoms with E-state index in [0.29, 0.717) is 0 Å². The van der Waals surface area contributed by atoms with E-state index in [1.807, 2.05) is 24.3 Å². The Morgan fingerprint density at radius 2 is 0.698 bits per heavy atom. The van der Waals surface area contributed by atoms with Crippen LogP contribution in [-0.4, -0.2) is 0 Å². The van der Waals surface area contributed by atoms with E-state index >= 15 is 0 Å². The molecule has 298 valence electrons. The molecule has 0 aliphatic rings. The van der Waals surface area contributed by atoms with Crippen molar-refractivity contribution < 1.29 is 13.3 Å². The summed E-state index contributed by atoms with van der Waals surface area (Å²) < 4.78 is 19.8. The van der Waals surface area contributed by atoms with Gasteiger partial charge in [-0.3, -0.25) is 0 Å². The molecule has 63 heavy (non-hydrogen) atoms. The lowest BCUT2D eigenvalue weighted by Crippen LogP contribution is -2.10. The number of rotatable bonds is 6. The van der Waals surface area contributed by atoms with Crippen molar-refractivity contribution in [3.63, 3.8) is 0 Å². The van der Waals surface area contributed by atoms with Crippen LogP contribution in [0.3, 0.4) is 0 Å². The zero-order valence-electron chi connectivity index (χ0n) is 34.6. The number of furan rings is 3. The summed E-state index contributed by atoms with van der Waals surface area (Å²) in [6.07, 6.45) is 0. The number of hydrogen-bond acceptors (Lipinski definition) is 5. The Morgan fingerprint density at radius 1 is 0.286 bits per heavy atom. The quantitative estimate of drug-likeness (QED) is 0.167. The zero-order chi connectivity index (χ0) is 41.8. The molecule has 13 aromatic rings. The van der Waals surface area contributed by atoms with Crippen molar-refractivity contribution >= 4 is 121 Å². The van der Waals surface area contributed by atoms with Gasteiger partial charge in [0.1, 0.15) is 22.3 Å². The molecule has 0 N–H and O–H groups in total. The third-order valence-electron chi connectivity index (χ3n) is 12.7. The van der Waals surface area contributed by atoms with Gasteiger partial charge >= 0.3 is 0 Å². The van der Waals surface area contributed by atoms with Gasteiger partial charge in [-0.1, -0.05) is 108 Å². The van der Waals surface area contributed by atoms with E-state index in [4.69, 9.17) is 13.3 Å². The maximum atomic E-state index is 6.63. The van der Waals surface area contributed by atoms with Crippen LogP contribution in [0.1, 0.15) is 11.1 Å². The van der Waals surface area contributed by atoms with Crippen LogP contribution in [0.2, 0.25) is 0 Å². The summed E-state index contributed by atoms with van der Waals surface area (Å²) in [7, 11) is 0. The van der Waals surface area contributed by atoms with Gasteiger partial charge in [-0.15, -0.1) is 0 Å². The van der Waals surface area contributed by atoms with E-state index in [2.05, 4.69) is 194 Å². The Kier molecular flexibility index (Phi) is 7.67. The predicted molar refractivity (Wildman–Crippen MR) is 262 cm³/mol. The molecule has 0 aliphatic heterocycles. The summed E-state index contributed by atoms with van der Waals surface area (Å²) in [5, 5.41) is 11.0. The number of benzene rings is 10. The number of para-hydroxylation sites is 4. The lowest BCUT2D eigenvalue weighted by Gasteiger charge is -2.26. The van der Waals surface area contributed by atoms with Gasteiger partial charge in [0.25, 0.3) is 0 Å². The molecule has 0 aliphatic carbocycles. The number of anilines is 6. The predicted octanol–water partition coefficient (Wildman–Crippen LogP) is 17.2. The molecule has 0 bridgehead atoms. The molecule has 3 aromatic heterocycles. The second-order valence-electron chi connectivity index (χ2n) is 16.7. The van der Waals surface area contributed by atoms with Gasteiger partial charge in [0.2, 0.25) is 0 Å². The topological polar surface area (TPSA) is 45.9 Å². The first-order valence-corrected chi connectivity index (χ1v) is 21.4. The first-order valence-electron chi connectivity index (χ1n) is 21.4. The smallest absolute Gasteiger partial charge is 0.159 e. The van der Waals surface area contributed by atoms with Crippen LogP contribution in [0.25, 0.3) is 87.4 Å². The minimum atomic E-state index is 0.858. The molecule has 0 fully saturated rings. The summed E-state index contributed by atoms with van der Waals surface area (Å²) in [6.45, 7) is 4.24. The van der Waals surface area contributed by atoms with Crippen molar-refractivity contribution in [3.8, 4) is 0 Å². The highest BCUT2D eigenvalue weighted by Gasteiger charge is 2.22. The van der Waals surface area contributed by atoms with E-state index < -0.39 is 0 Å². The fraction of sp³-hybridized carbons (Fsp3) is 0.0345. The molecule has 5 heteroatoms. The molecule has 0 radical (unpaired) electrons. The van der Waals surface area contributed by atoms with E-state index in [-0.39, 0.29) is 0 Å². The molecule has 5 nitrogen and oxygen atoms in total. The fourth-order valence-corrected chi connectivity index (χ4v) is 9.57. The third kappa shape index (κ3) is 5.63. The maximum absolute atomic E-state index is 6.63. The van der Waals surface area contributed by atoms with Crippen molar-refractivity contribution in [1.82, 2.24) is 0 Å². The number of fused-ring (bicyclic) bond motifs is 11. The van der Waals surface area contributed by atoms with E-state index in [1.54, 1.807) is 0 Å². The van der Waals surface area contributed by atoms with E-state index in [1.165, 1.54) is 11.1 Å². The lowest BCUT2D eigenvalue weighted by atomic mass is 10.0. The zero-order valence-corrected chi connectivity index (χ0v) is 34.6. The number of nitrogens with zero attached hydrogens (tertiary/aromatic N) is 2. The Balaban J connectivity index is 0.969. The largest absolute Gasteiger partial charge is 0.456 e. The molecule has 0 saturated heterocycles. The average molecular weight is 811 g/mol. The van der Waals surface area contributed by atoms with Crippen molar-refractivity contribution in [2.45, 2.75) is 13.8 Å². The van der Waals surface area contributed by atoms with E-state index in [0.717, 1.165) is 121 Å². The van der Waals surface area contributed by atoms with Crippen LogP contribution in [0, 0.1) is 13.8 Å². The Morgan fingerprint density at radius 3 is 1.16 bits per heavy atom. The lowest BCUT2D eigenvalue weighted by molar-refractivity contribution is 0.668. The summed E-state index contributed by atoms with van der Waals surface area (Å²) in [6, 6.07) is 69.0. The third-order valence-corrected chi connectivity index (χ3v) is 12.7. The summed E-state index contributed by atoms with van der Waals surface area (Å²) in [5.74, 6) is 0. The van der Waals surface area contributed by atoms with Crippen LogP contribution < -0.4 is 9.80 Å². The van der Waals surface area contributed by atoms with Crippen molar-refractivity contribution in [2.24, 2.45) is 0 Å². The van der Waals surface area contributed by atoms with Gasteiger partial charge in [0.15, 0.2) is 11.2 Å². The molecule has 0 spiro atoms. The second kappa shape index (κ2) is 13.6. The molecule has 0 saturated carbocycles. The van der Waals surface area contributed by atoms with Crippen LogP contribution in [-0.2, 0) is 0 Å². The van der Waals surface area contributed by atoms with Gasteiger partial charge in [-0.05, 0) is 132 Å². The first kappa shape index (κ1) is 35.5. The molecule has 0 amide bonds. The highest BCUT2D eigenvalue weighted by molar-refractivity contribution is 6.15. The molecule has 13 rings (SSSR count). The Labute approximate surface area is 362 Å². The van der Waals surface area contributed by atoms with Crippen molar-refractivity contribution in [3.05, 3.63) is 205 Å². The molecule has 0 atom stereocenters. The second-order valence-corrected chi connectivity index (χ2v) is 16.7. The minimum Gasteiger partial charge on any atom is -0.456 e. The average Bonchev–Trinajstić information content (AvgIpc) is 4.00. The standard InChI is InChI=1S/C58H38N2O3/c1-35-17-23-41(24-18-35)59(51-13-7-11-47-45-9-3-5-15-53(45)62-57(47)51)43-27-21-37-33-55-49(31-39(37)29-43)50-32-40-30-44(28-22-38(40)34-56(50)61-55)60(42-25-19-36(2)20-26-42)52-14-8-12-48-46-10-4-6-16-54(46)63-58(48)52/h3-34H,1-2H3. The van der Waals surface area contributed by atoms with Crippen LogP contribution in [0.5, 0.6) is 0 Å². The molecule has 0 unspecified atom stereocenters. The Bertz CT molecular complexity index is 3690. The summed E-state index contributed by atoms with van der Waals surface area (Å²) >= 11 is 0. The van der Waals surface area contributed by atoms with Crippen LogP contribution in [0.4, 0.5) is 34.1 Å². The van der Waals surface area contributed by atoms with Gasteiger partial charge in [-0.25, -0.2) is 0 Å². The minimum absolute atomic E-state index is 0.858.